The summed E-state index contributed by atoms with van der Waals surface area (Å²) in [4.78, 5) is 11.7. The van der Waals surface area contributed by atoms with Gasteiger partial charge in [0.25, 0.3) is 0 Å². The lowest BCUT2D eigenvalue weighted by Gasteiger charge is -2.20. The number of esters is 1. The van der Waals surface area contributed by atoms with Crippen LogP contribution in [0.4, 0.5) is 0 Å². The zero-order valence-corrected chi connectivity index (χ0v) is 12.8. The highest BCUT2D eigenvalue weighted by atomic mass is 32.2. The fourth-order valence-electron chi connectivity index (χ4n) is 1.60. The van der Waals surface area contributed by atoms with Crippen molar-refractivity contribution in [2.75, 3.05) is 7.11 Å². The number of methoxy groups -OCH3 is 1. The van der Waals surface area contributed by atoms with Crippen LogP contribution in [0.15, 0.2) is 23.1 Å². The van der Waals surface area contributed by atoms with E-state index in [0.29, 0.717) is 11.3 Å². The van der Waals surface area contributed by atoms with E-state index in [0.717, 1.165) is 0 Å². The van der Waals surface area contributed by atoms with Gasteiger partial charge in [0.1, 0.15) is 11.4 Å². The lowest BCUT2D eigenvalue weighted by Crippen LogP contribution is -2.25. The molecule has 6 nitrogen and oxygen atoms in total. The van der Waals surface area contributed by atoms with Gasteiger partial charge in [-0.05, 0) is 39.0 Å². The van der Waals surface area contributed by atoms with Crippen LogP contribution in [0.2, 0.25) is 0 Å². The van der Waals surface area contributed by atoms with E-state index in [-0.39, 0.29) is 11.3 Å². The van der Waals surface area contributed by atoms with Crippen molar-refractivity contribution in [1.29, 1.82) is 0 Å². The molecule has 7 heteroatoms. The number of carbonyl (C=O) groups excluding carboxylic acids is 1. The average Bonchev–Trinajstić information content (AvgIpc) is 2.24. The Morgan fingerprint density at radius 3 is 2.35 bits per heavy atom. The fourth-order valence-corrected chi connectivity index (χ4v) is 2.17. The highest BCUT2D eigenvalue weighted by Gasteiger charge is 2.19. The SMILES string of the molecule is COc1ccc(S(N)(=O)=O)cc1CC(=O)OC(C)(C)C. The molecule has 0 atom stereocenters. The highest BCUT2D eigenvalue weighted by molar-refractivity contribution is 7.89. The van der Waals surface area contributed by atoms with Crippen LogP contribution in [0.1, 0.15) is 26.3 Å². The summed E-state index contributed by atoms with van der Waals surface area (Å²) in [7, 11) is -2.39. The molecule has 1 aromatic carbocycles. The Kier molecular flexibility index (Phi) is 4.77. The normalized spacial score (nSPS) is 12.1. The van der Waals surface area contributed by atoms with E-state index >= 15 is 0 Å². The first-order chi connectivity index (χ1) is 9.03. The molecular weight excluding hydrogens is 282 g/mol. The van der Waals surface area contributed by atoms with Crippen LogP contribution >= 0.6 is 0 Å². The van der Waals surface area contributed by atoms with Crippen molar-refractivity contribution in [3.05, 3.63) is 23.8 Å². The zero-order valence-electron chi connectivity index (χ0n) is 12.0. The molecule has 0 fully saturated rings. The van der Waals surface area contributed by atoms with Gasteiger partial charge in [0.2, 0.25) is 10.0 Å². The Bertz CT molecular complexity index is 602. The third-order valence-corrected chi connectivity index (χ3v) is 3.25. The van der Waals surface area contributed by atoms with Crippen LogP contribution < -0.4 is 9.88 Å². The van der Waals surface area contributed by atoms with Gasteiger partial charge in [-0.25, -0.2) is 13.6 Å². The first kappa shape index (κ1) is 16.5. The van der Waals surface area contributed by atoms with Crippen molar-refractivity contribution in [2.24, 2.45) is 5.14 Å². The van der Waals surface area contributed by atoms with Crippen LogP contribution in [0.25, 0.3) is 0 Å². The van der Waals surface area contributed by atoms with Gasteiger partial charge in [0, 0.05) is 5.56 Å². The smallest absolute Gasteiger partial charge is 0.310 e. The van der Waals surface area contributed by atoms with Crippen LogP contribution in [-0.4, -0.2) is 27.1 Å². The summed E-state index contributed by atoms with van der Waals surface area (Å²) in [5.74, 6) is -0.0642. The monoisotopic (exact) mass is 301 g/mol. The first-order valence-corrected chi connectivity index (χ1v) is 7.49. The largest absolute Gasteiger partial charge is 0.496 e. The summed E-state index contributed by atoms with van der Waals surface area (Å²) in [5, 5.41) is 5.06. The Balaban J connectivity index is 3.07. The number of carbonyl (C=O) groups is 1. The molecule has 0 unspecified atom stereocenters. The van der Waals surface area contributed by atoms with E-state index in [9.17, 15) is 13.2 Å². The minimum absolute atomic E-state index is 0.0724. The zero-order chi connectivity index (χ0) is 15.6. The third-order valence-electron chi connectivity index (χ3n) is 2.34. The van der Waals surface area contributed by atoms with E-state index in [4.69, 9.17) is 14.6 Å². The topological polar surface area (TPSA) is 95.7 Å². The van der Waals surface area contributed by atoms with Crippen molar-refractivity contribution >= 4 is 16.0 Å². The van der Waals surface area contributed by atoms with E-state index in [2.05, 4.69) is 0 Å². The molecule has 0 aliphatic rings. The number of primary sulfonamides is 1. The van der Waals surface area contributed by atoms with Gasteiger partial charge in [-0.1, -0.05) is 0 Å². The second-order valence-corrected chi connectivity index (χ2v) is 6.84. The van der Waals surface area contributed by atoms with Gasteiger partial charge in [-0.15, -0.1) is 0 Å². The summed E-state index contributed by atoms with van der Waals surface area (Å²) in [5.41, 5.74) is -0.199. The molecule has 0 saturated heterocycles. The summed E-state index contributed by atoms with van der Waals surface area (Å²) in [6.45, 7) is 5.26. The van der Waals surface area contributed by atoms with E-state index in [1.807, 2.05) is 0 Å². The maximum absolute atomic E-state index is 11.8. The van der Waals surface area contributed by atoms with Crippen molar-refractivity contribution in [2.45, 2.75) is 37.7 Å². The van der Waals surface area contributed by atoms with E-state index in [1.165, 1.54) is 25.3 Å². The second-order valence-electron chi connectivity index (χ2n) is 5.28. The van der Waals surface area contributed by atoms with Crippen molar-refractivity contribution in [3.63, 3.8) is 0 Å². The van der Waals surface area contributed by atoms with Gasteiger partial charge < -0.3 is 9.47 Å². The van der Waals surface area contributed by atoms with Crippen LogP contribution in [0.3, 0.4) is 0 Å². The molecule has 0 spiro atoms. The molecule has 1 aromatic rings. The number of hydrogen-bond acceptors (Lipinski definition) is 5. The van der Waals surface area contributed by atoms with E-state index < -0.39 is 21.6 Å². The quantitative estimate of drug-likeness (QED) is 0.844. The number of sulfonamides is 1. The van der Waals surface area contributed by atoms with Crippen LogP contribution in [0, 0.1) is 0 Å². The lowest BCUT2D eigenvalue weighted by molar-refractivity contribution is -0.153. The second kappa shape index (κ2) is 5.80. The maximum atomic E-state index is 11.8. The van der Waals surface area contributed by atoms with Crippen molar-refractivity contribution < 1.29 is 22.7 Å². The molecule has 0 aliphatic carbocycles. The van der Waals surface area contributed by atoms with Crippen molar-refractivity contribution in [1.82, 2.24) is 0 Å². The number of rotatable bonds is 4. The van der Waals surface area contributed by atoms with Crippen molar-refractivity contribution in [3.8, 4) is 5.75 Å². The summed E-state index contributed by atoms with van der Waals surface area (Å²) in [6, 6.07) is 4.10. The third kappa shape index (κ3) is 4.82. The highest BCUT2D eigenvalue weighted by Crippen LogP contribution is 2.23. The fraction of sp³-hybridized carbons (Fsp3) is 0.462. The maximum Gasteiger partial charge on any atom is 0.310 e. The molecule has 1 rings (SSSR count). The molecule has 0 radical (unpaired) electrons. The molecule has 112 valence electrons. The number of ether oxygens (including phenoxy) is 2. The summed E-state index contributed by atoms with van der Waals surface area (Å²) < 4.78 is 32.9. The lowest BCUT2D eigenvalue weighted by atomic mass is 10.1. The van der Waals surface area contributed by atoms with Crippen LogP contribution in [-0.2, 0) is 26.0 Å². The number of hydrogen-bond donors (Lipinski definition) is 1. The standard InChI is InChI=1S/C13H19NO5S/c1-13(2,3)19-12(15)8-9-7-10(20(14,16)17)5-6-11(9)18-4/h5-7H,8H2,1-4H3,(H2,14,16,17). The van der Waals surface area contributed by atoms with Gasteiger partial charge in [-0.3, -0.25) is 4.79 Å². The Morgan fingerprint density at radius 1 is 1.30 bits per heavy atom. The minimum atomic E-state index is -3.83. The van der Waals surface area contributed by atoms with Gasteiger partial charge in [0.05, 0.1) is 18.4 Å². The van der Waals surface area contributed by atoms with Gasteiger partial charge in [-0.2, -0.15) is 0 Å². The molecule has 20 heavy (non-hydrogen) atoms. The van der Waals surface area contributed by atoms with E-state index in [1.54, 1.807) is 20.8 Å². The number of benzene rings is 1. The first-order valence-electron chi connectivity index (χ1n) is 5.94. The number of nitrogens with two attached hydrogens (primary N) is 1. The minimum Gasteiger partial charge on any atom is -0.496 e. The summed E-state index contributed by atoms with van der Waals surface area (Å²) >= 11 is 0. The van der Waals surface area contributed by atoms with Gasteiger partial charge in [0.15, 0.2) is 0 Å². The summed E-state index contributed by atoms with van der Waals surface area (Å²) in [6.07, 6.45) is -0.0934. The molecule has 0 bridgehead atoms. The average molecular weight is 301 g/mol. The molecule has 0 aromatic heterocycles. The molecule has 2 N–H and O–H groups in total. The Labute approximate surface area is 118 Å². The molecule has 0 saturated carbocycles. The Hall–Kier alpha value is -1.60. The van der Waals surface area contributed by atoms with Gasteiger partial charge >= 0.3 is 5.97 Å². The predicted molar refractivity (Wildman–Crippen MR) is 73.9 cm³/mol. The van der Waals surface area contributed by atoms with Crippen LogP contribution in [0.5, 0.6) is 5.75 Å². The molecule has 0 aliphatic heterocycles. The molecule has 0 heterocycles. The molecule has 0 amide bonds. The Morgan fingerprint density at radius 2 is 1.90 bits per heavy atom. The predicted octanol–water partition coefficient (Wildman–Crippen LogP) is 1.23. The molecular formula is C13H19NO5S.